The molecule has 12 aromatic rings. The van der Waals surface area contributed by atoms with E-state index in [1.807, 2.05) is 48.5 Å². The van der Waals surface area contributed by atoms with Crippen LogP contribution >= 0.6 is 11.3 Å². The summed E-state index contributed by atoms with van der Waals surface area (Å²) in [6.07, 6.45) is 0. The van der Waals surface area contributed by atoms with Crippen molar-refractivity contribution in [3.63, 3.8) is 0 Å². The normalized spacial score (nSPS) is 12.6. The molecule has 3 heterocycles. The summed E-state index contributed by atoms with van der Waals surface area (Å²) in [6, 6.07) is 60.2. The first-order valence-corrected chi connectivity index (χ1v) is 21.8. The monoisotopic (exact) mass is 843 g/mol. The summed E-state index contributed by atoms with van der Waals surface area (Å²) in [4.78, 5) is 15.1. The number of thiophene rings is 1. The second kappa shape index (κ2) is 15.6. The molecule has 3 aromatic heterocycles. The summed E-state index contributed by atoms with van der Waals surface area (Å²) in [5, 5.41) is 4.24. The summed E-state index contributed by atoms with van der Waals surface area (Å²) >= 11 is 1.66. The van der Waals surface area contributed by atoms with E-state index < -0.39 is 30.2 Å². The van der Waals surface area contributed by atoms with Crippen LogP contribution in [0.25, 0.3) is 115 Å². The zero-order valence-corrected chi connectivity index (χ0v) is 35.2. The van der Waals surface area contributed by atoms with Gasteiger partial charge < -0.3 is 9.30 Å². The Balaban J connectivity index is 1.17. The molecule has 0 unspecified atom stereocenters. The van der Waals surface area contributed by atoms with Gasteiger partial charge in [0, 0.05) is 53.3 Å². The van der Waals surface area contributed by atoms with Gasteiger partial charge in [-0.25, -0.2) is 15.0 Å². The number of methoxy groups -OCH3 is 1. The lowest BCUT2D eigenvalue weighted by atomic mass is 9.97. The van der Waals surface area contributed by atoms with Crippen molar-refractivity contribution in [1.29, 1.82) is 0 Å². The van der Waals surface area contributed by atoms with E-state index in [9.17, 15) is 0 Å². The van der Waals surface area contributed by atoms with Gasteiger partial charge in [0.25, 0.3) is 0 Å². The summed E-state index contributed by atoms with van der Waals surface area (Å²) in [5.74, 6) is 1.38. The van der Waals surface area contributed by atoms with Gasteiger partial charge in [0.05, 0.1) is 25.0 Å². The maximum atomic E-state index is 9.00. The van der Waals surface area contributed by atoms with Crippen LogP contribution in [0.1, 0.15) is 6.85 Å². The summed E-state index contributed by atoms with van der Waals surface area (Å²) in [5.41, 5.74) is 10.7. The van der Waals surface area contributed by atoms with Crippen LogP contribution in [0.5, 0.6) is 5.75 Å². The number of benzene rings is 9. The third kappa shape index (κ3) is 6.51. The van der Waals surface area contributed by atoms with Gasteiger partial charge in [0.2, 0.25) is 0 Å². The summed E-state index contributed by atoms with van der Waals surface area (Å²) in [7, 11) is 1.67. The molecule has 0 aliphatic carbocycles. The van der Waals surface area contributed by atoms with Gasteiger partial charge in [-0.2, -0.15) is 0 Å². The number of rotatable bonds is 8. The molecule has 0 aliphatic heterocycles. The number of hydrogen-bond acceptors (Lipinski definition) is 5. The average Bonchev–Trinajstić information content (AvgIpc) is 3.95. The minimum Gasteiger partial charge on any atom is -0.497 e. The molecule has 0 radical (unpaired) electrons. The number of aromatic nitrogens is 4. The van der Waals surface area contributed by atoms with E-state index in [-0.39, 0.29) is 11.4 Å². The Hall–Kier alpha value is -8.19. The van der Waals surface area contributed by atoms with Gasteiger partial charge in [-0.3, -0.25) is 0 Å². The van der Waals surface area contributed by atoms with Gasteiger partial charge in [0.15, 0.2) is 17.5 Å². The Morgan fingerprint density at radius 1 is 0.422 bits per heavy atom. The molecule has 12 rings (SSSR count). The number of hydrogen-bond donors (Lipinski definition) is 0. The zero-order valence-electron chi connectivity index (χ0n) is 39.4. The third-order valence-electron chi connectivity index (χ3n) is 11.9. The zero-order chi connectivity index (χ0) is 46.9. The SMILES string of the molecule is [2H]c1c([2H])c([2H])c(-c2nc(-c3ccccc3)nc(-c3cc(-n4c5ccccc5c5ccc(-c6ccc(OC)cc6)cc54)cc4c3sc3c(-c5cccc(-c6ccccc6)c5)cccc34)n2)c([2H])c1[2H]. The fourth-order valence-corrected chi connectivity index (χ4v) is 10.1. The van der Waals surface area contributed by atoms with Crippen LogP contribution in [-0.2, 0) is 0 Å². The lowest BCUT2D eigenvalue weighted by Gasteiger charge is -2.13. The lowest BCUT2D eigenvalue weighted by molar-refractivity contribution is 0.415. The molecule has 64 heavy (non-hydrogen) atoms. The van der Waals surface area contributed by atoms with Crippen LogP contribution in [0.3, 0.4) is 0 Å². The van der Waals surface area contributed by atoms with Crippen molar-refractivity contribution in [3.05, 3.63) is 212 Å². The molecule has 9 aromatic carbocycles. The Morgan fingerprint density at radius 2 is 1.02 bits per heavy atom. The van der Waals surface area contributed by atoms with Crippen LogP contribution in [-0.4, -0.2) is 26.6 Å². The highest BCUT2D eigenvalue weighted by Crippen LogP contribution is 2.46. The second-order valence-corrected chi connectivity index (χ2v) is 16.6. The number of fused-ring (bicyclic) bond motifs is 6. The predicted octanol–water partition coefficient (Wildman–Crippen LogP) is 15.3. The van der Waals surface area contributed by atoms with Crippen molar-refractivity contribution < 1.29 is 11.6 Å². The Kier molecular flexibility index (Phi) is 7.93. The molecule has 0 atom stereocenters. The molecule has 0 N–H and O–H groups in total. The van der Waals surface area contributed by atoms with E-state index in [2.05, 4.69) is 138 Å². The molecular formula is C58H38N4OS. The van der Waals surface area contributed by atoms with Crippen molar-refractivity contribution in [2.45, 2.75) is 0 Å². The Bertz CT molecular complexity index is 3980. The lowest BCUT2D eigenvalue weighted by Crippen LogP contribution is -2.01. The highest BCUT2D eigenvalue weighted by Gasteiger charge is 2.22. The van der Waals surface area contributed by atoms with Gasteiger partial charge in [-0.15, -0.1) is 11.3 Å². The first kappa shape index (κ1) is 32.5. The number of ether oxygens (including phenoxy) is 1. The smallest absolute Gasteiger partial charge is 0.165 e. The van der Waals surface area contributed by atoms with Gasteiger partial charge in [0.1, 0.15) is 5.75 Å². The maximum Gasteiger partial charge on any atom is 0.165 e. The van der Waals surface area contributed by atoms with E-state index in [4.69, 9.17) is 26.5 Å². The number of para-hydroxylation sites is 1. The van der Waals surface area contributed by atoms with E-state index in [0.717, 1.165) is 86.8 Å². The predicted molar refractivity (Wildman–Crippen MR) is 266 cm³/mol. The molecule has 5 nitrogen and oxygen atoms in total. The van der Waals surface area contributed by atoms with E-state index in [0.29, 0.717) is 22.8 Å². The van der Waals surface area contributed by atoms with Crippen molar-refractivity contribution in [2.75, 3.05) is 7.11 Å². The van der Waals surface area contributed by atoms with E-state index >= 15 is 0 Å². The molecular weight excluding hydrogens is 801 g/mol. The minimum atomic E-state index is -0.488. The van der Waals surface area contributed by atoms with E-state index in [1.165, 1.54) is 0 Å². The van der Waals surface area contributed by atoms with Crippen LogP contribution in [0.2, 0.25) is 0 Å². The first-order chi connectivity index (χ1) is 33.7. The molecule has 0 bridgehead atoms. The fraction of sp³-hybridized carbons (Fsp3) is 0.0172. The molecule has 0 saturated carbocycles. The van der Waals surface area contributed by atoms with Crippen molar-refractivity contribution in [1.82, 2.24) is 19.5 Å². The quantitative estimate of drug-likeness (QED) is 0.153. The highest BCUT2D eigenvalue weighted by atomic mass is 32.1. The standard InChI is InChI=1S/C58H38N4OS/c1-63-45-30-27-38(28-31-45)42-29-32-48-47-23-11-12-26-52(47)62(53(48)34-42)44-35-50-49-25-14-24-46(43-22-13-21-41(33-43)37-15-5-2-6-16-37)54(49)64-55(50)51(36-44)58-60-56(39-17-7-3-8-18-39)59-57(61-58)40-19-9-4-10-20-40/h2-36H,1H3/i3D,7D,8D,17D,18D. The van der Waals surface area contributed by atoms with Crippen LogP contribution in [0, 0.1) is 0 Å². The van der Waals surface area contributed by atoms with Gasteiger partial charge in [-0.05, 0) is 75.8 Å². The molecule has 0 saturated heterocycles. The van der Waals surface area contributed by atoms with E-state index in [1.54, 1.807) is 18.4 Å². The van der Waals surface area contributed by atoms with Crippen molar-refractivity contribution >= 4 is 53.3 Å². The summed E-state index contributed by atoms with van der Waals surface area (Å²) in [6.45, 7) is 0. The van der Waals surface area contributed by atoms with Crippen LogP contribution < -0.4 is 4.74 Å². The maximum absolute atomic E-state index is 9.00. The number of nitrogens with zero attached hydrogens (tertiary/aromatic N) is 4. The topological polar surface area (TPSA) is 52.8 Å². The van der Waals surface area contributed by atoms with Crippen LogP contribution in [0.4, 0.5) is 0 Å². The first-order valence-electron chi connectivity index (χ1n) is 23.5. The molecule has 0 fully saturated rings. The van der Waals surface area contributed by atoms with Gasteiger partial charge in [-0.1, -0.05) is 170 Å². The second-order valence-electron chi connectivity index (χ2n) is 15.6. The minimum absolute atomic E-state index is 0.0186. The molecule has 0 amide bonds. The Morgan fingerprint density at radius 3 is 1.81 bits per heavy atom. The summed E-state index contributed by atoms with van der Waals surface area (Å²) < 4.78 is 53.3. The molecule has 0 spiro atoms. The highest BCUT2D eigenvalue weighted by molar-refractivity contribution is 7.26. The van der Waals surface area contributed by atoms with Gasteiger partial charge >= 0.3 is 0 Å². The van der Waals surface area contributed by atoms with Crippen LogP contribution in [0.15, 0.2) is 212 Å². The fourth-order valence-electron chi connectivity index (χ4n) is 8.80. The Labute approximate surface area is 381 Å². The van der Waals surface area contributed by atoms with Crippen molar-refractivity contribution in [3.8, 4) is 79.0 Å². The molecule has 0 aliphatic rings. The molecule has 6 heteroatoms. The average molecular weight is 844 g/mol. The largest absolute Gasteiger partial charge is 0.497 e. The van der Waals surface area contributed by atoms with Crippen molar-refractivity contribution in [2.24, 2.45) is 0 Å². The third-order valence-corrected chi connectivity index (χ3v) is 13.1. The molecule has 302 valence electrons.